The Morgan fingerprint density at radius 2 is 1.65 bits per heavy atom. The summed E-state index contributed by atoms with van der Waals surface area (Å²) in [5.74, 6) is -2.13. The van der Waals surface area contributed by atoms with E-state index in [-0.39, 0.29) is 77.2 Å². The molecule has 0 N–H and O–H groups in total. The first kappa shape index (κ1) is 29.1. The van der Waals surface area contributed by atoms with E-state index in [1.165, 1.54) is 7.11 Å². The van der Waals surface area contributed by atoms with E-state index in [1.54, 1.807) is 26.8 Å². The van der Waals surface area contributed by atoms with Gasteiger partial charge in [0, 0.05) is 12.0 Å². The van der Waals surface area contributed by atoms with Crippen molar-refractivity contribution in [1.29, 1.82) is 0 Å². The molecule has 166 valence electrons. The van der Waals surface area contributed by atoms with E-state index in [0.717, 1.165) is 12.0 Å². The second kappa shape index (κ2) is 14.2. The van der Waals surface area contributed by atoms with Crippen molar-refractivity contribution in [1.82, 2.24) is 0 Å². The van der Waals surface area contributed by atoms with Crippen LogP contribution < -0.4 is 34.7 Å². The molecule has 0 aromatic rings. The maximum atomic E-state index is 11.7. The van der Waals surface area contributed by atoms with E-state index >= 15 is 0 Å². The fourth-order valence-corrected chi connectivity index (χ4v) is 3.34. The van der Waals surface area contributed by atoms with Crippen LogP contribution in [0.2, 0.25) is 0 Å². The zero-order chi connectivity index (χ0) is 22.8. The van der Waals surface area contributed by atoms with Crippen LogP contribution in [0.5, 0.6) is 0 Å². The van der Waals surface area contributed by atoms with E-state index < -0.39 is 11.9 Å². The number of carbonyl (C=O) groups excluding carboxylic acids is 4. The summed E-state index contributed by atoms with van der Waals surface area (Å²) < 4.78 is 14.3. The minimum atomic E-state index is -0.689. The van der Waals surface area contributed by atoms with Gasteiger partial charge in [0.05, 0.1) is 31.8 Å². The van der Waals surface area contributed by atoms with Gasteiger partial charge in [-0.2, -0.15) is 0 Å². The number of methoxy groups -OCH3 is 1. The monoisotopic (exact) mass is 444 g/mol. The smallest absolute Gasteiger partial charge is 0.875 e. The molecule has 2 aliphatic carbocycles. The van der Waals surface area contributed by atoms with E-state index in [2.05, 4.69) is 4.74 Å². The standard InChI is InChI=1S/C12H16O5.C10H14O3.Na/c1-4-7-8(11(14)17-5-2)6-9(13)10(7)12(15)16-3;1-3-7-5-8(11)6-9(7)10(12)13-4-2;/h13H,4-6H2,1-3H3;5,9H,3-4,6H2,1-2H3;/q;;+1/p-1. The molecule has 0 heterocycles. The number of ether oxygens (including phenoxy) is 3. The van der Waals surface area contributed by atoms with Crippen LogP contribution in [0.15, 0.2) is 34.1 Å². The van der Waals surface area contributed by atoms with Crippen molar-refractivity contribution in [2.75, 3.05) is 20.3 Å². The largest absolute Gasteiger partial charge is 1.00 e. The second-order valence-corrected chi connectivity index (χ2v) is 6.55. The zero-order valence-corrected chi connectivity index (χ0v) is 21.2. The molecule has 0 aliphatic heterocycles. The van der Waals surface area contributed by atoms with E-state index in [1.807, 2.05) is 6.92 Å². The number of allylic oxidation sites excluding steroid dienone is 2. The summed E-state index contributed by atoms with van der Waals surface area (Å²) >= 11 is 0. The molecule has 0 spiro atoms. The molecule has 0 aromatic heterocycles. The van der Waals surface area contributed by atoms with Gasteiger partial charge in [0.25, 0.3) is 0 Å². The number of ketones is 1. The van der Waals surface area contributed by atoms with Gasteiger partial charge in [0.15, 0.2) is 5.78 Å². The molecule has 31 heavy (non-hydrogen) atoms. The third kappa shape index (κ3) is 7.63. The molecule has 2 rings (SSSR count). The Morgan fingerprint density at radius 1 is 1.03 bits per heavy atom. The Morgan fingerprint density at radius 3 is 2.13 bits per heavy atom. The molecule has 0 radical (unpaired) electrons. The number of hydrogen-bond donors (Lipinski definition) is 0. The Labute approximate surface area is 205 Å². The number of rotatable bonds is 7. The topological polar surface area (TPSA) is 119 Å². The molecule has 1 unspecified atom stereocenters. The third-order valence-corrected chi connectivity index (χ3v) is 4.73. The first-order valence-electron chi connectivity index (χ1n) is 10.0. The van der Waals surface area contributed by atoms with Crippen LogP contribution in [0.3, 0.4) is 0 Å². The number of esters is 3. The van der Waals surface area contributed by atoms with Crippen molar-refractivity contribution < 1.29 is 68.1 Å². The maximum Gasteiger partial charge on any atom is 1.00 e. The predicted molar refractivity (Wildman–Crippen MR) is 106 cm³/mol. The van der Waals surface area contributed by atoms with Crippen LogP contribution >= 0.6 is 0 Å². The van der Waals surface area contributed by atoms with Gasteiger partial charge < -0.3 is 19.3 Å². The fourth-order valence-electron chi connectivity index (χ4n) is 3.34. The van der Waals surface area contributed by atoms with Gasteiger partial charge in [-0.15, -0.1) is 5.76 Å². The normalized spacial score (nSPS) is 17.4. The molecular formula is C22H29NaO8. The fraction of sp³-hybridized carbons (Fsp3) is 0.545. The van der Waals surface area contributed by atoms with Crippen molar-refractivity contribution in [3.63, 3.8) is 0 Å². The molecule has 0 aromatic carbocycles. The first-order valence-corrected chi connectivity index (χ1v) is 10.0. The molecule has 0 saturated carbocycles. The summed E-state index contributed by atoms with van der Waals surface area (Å²) in [5.41, 5.74) is 1.61. The molecule has 2 aliphatic rings. The summed E-state index contributed by atoms with van der Waals surface area (Å²) in [6, 6.07) is 0. The maximum absolute atomic E-state index is 11.7. The molecule has 1 atom stereocenters. The van der Waals surface area contributed by atoms with Crippen molar-refractivity contribution in [2.45, 2.75) is 53.4 Å². The number of hydrogen-bond acceptors (Lipinski definition) is 8. The van der Waals surface area contributed by atoms with Crippen molar-refractivity contribution >= 4 is 23.7 Å². The minimum absolute atomic E-state index is 0. The van der Waals surface area contributed by atoms with Crippen LogP contribution in [0.1, 0.15) is 53.4 Å². The van der Waals surface area contributed by atoms with Crippen LogP contribution in [0, 0.1) is 5.92 Å². The second-order valence-electron chi connectivity index (χ2n) is 6.55. The summed E-state index contributed by atoms with van der Waals surface area (Å²) in [7, 11) is 1.21. The van der Waals surface area contributed by atoms with E-state index in [4.69, 9.17) is 9.47 Å². The van der Waals surface area contributed by atoms with Gasteiger partial charge in [-0.05, 0) is 44.8 Å². The Bertz CT molecular complexity index is 791. The summed E-state index contributed by atoms with van der Waals surface area (Å²) in [5, 5.41) is 11.7. The molecule has 0 bridgehead atoms. The zero-order valence-electron chi connectivity index (χ0n) is 19.2. The van der Waals surface area contributed by atoms with Crippen LogP contribution in [0.25, 0.3) is 0 Å². The van der Waals surface area contributed by atoms with Gasteiger partial charge >= 0.3 is 47.5 Å². The SMILES string of the molecule is CCOC(=O)C1=C(CC)C(C(=O)OC)=C([O-])C1.CCOC(=O)C1CC(=O)C=C1CC.[Na+]. The van der Waals surface area contributed by atoms with Gasteiger partial charge in [0.1, 0.15) is 0 Å². The van der Waals surface area contributed by atoms with Crippen LogP contribution in [-0.4, -0.2) is 44.0 Å². The van der Waals surface area contributed by atoms with Gasteiger partial charge in [-0.1, -0.05) is 19.4 Å². The molecule has 0 fully saturated rings. The van der Waals surface area contributed by atoms with E-state index in [0.29, 0.717) is 25.0 Å². The van der Waals surface area contributed by atoms with Crippen molar-refractivity contribution in [3.8, 4) is 0 Å². The predicted octanol–water partition coefficient (Wildman–Crippen LogP) is -1.07. The molecule has 9 heteroatoms. The van der Waals surface area contributed by atoms with Gasteiger partial charge in [0.2, 0.25) is 0 Å². The molecular weight excluding hydrogens is 415 g/mol. The molecule has 8 nitrogen and oxygen atoms in total. The van der Waals surface area contributed by atoms with E-state index in [9.17, 15) is 24.3 Å². The quantitative estimate of drug-likeness (QED) is 0.277. The summed E-state index contributed by atoms with van der Waals surface area (Å²) in [6.07, 6.45) is 2.95. The third-order valence-electron chi connectivity index (χ3n) is 4.73. The number of carbonyl (C=O) groups is 4. The Balaban J connectivity index is 0.000000581. The Hall–Kier alpha value is -1.90. The molecule has 0 amide bonds. The van der Waals surface area contributed by atoms with Gasteiger partial charge in [-0.25, -0.2) is 9.59 Å². The summed E-state index contributed by atoms with van der Waals surface area (Å²) in [4.78, 5) is 45.5. The first-order chi connectivity index (χ1) is 14.2. The molecule has 0 saturated heterocycles. The Kier molecular flexibility index (Phi) is 13.3. The van der Waals surface area contributed by atoms with Crippen LogP contribution in [-0.2, 0) is 33.4 Å². The average Bonchev–Trinajstić information content (AvgIpc) is 3.27. The average molecular weight is 444 g/mol. The summed E-state index contributed by atoms with van der Waals surface area (Å²) in [6.45, 7) is 7.78. The van der Waals surface area contributed by atoms with Crippen LogP contribution in [0.4, 0.5) is 0 Å². The van der Waals surface area contributed by atoms with Crippen molar-refractivity contribution in [2.24, 2.45) is 5.92 Å². The van der Waals surface area contributed by atoms with Crippen molar-refractivity contribution in [3.05, 3.63) is 34.1 Å². The minimum Gasteiger partial charge on any atom is -0.875 e. The van der Waals surface area contributed by atoms with Gasteiger partial charge in [-0.3, -0.25) is 9.59 Å².